The van der Waals surface area contributed by atoms with E-state index < -0.39 is 16.3 Å². The topological polar surface area (TPSA) is 83.9 Å². The molecule has 8 heteroatoms. The smallest absolute Gasteiger partial charge is 0.266 e. The second-order valence-corrected chi connectivity index (χ2v) is 11.9. The molecule has 192 valence electrons. The number of hydroxylamine groups is 1. The molecule has 0 bridgehead atoms. The molecule has 0 aliphatic carbocycles. The van der Waals surface area contributed by atoms with Crippen LogP contribution in [0, 0.1) is 0 Å². The van der Waals surface area contributed by atoms with Crippen LogP contribution in [0.15, 0.2) is 84.9 Å². The molecule has 0 aromatic heterocycles. The molecule has 3 rings (SSSR count). The summed E-state index contributed by atoms with van der Waals surface area (Å²) >= 11 is 0. The Morgan fingerprint density at radius 1 is 0.833 bits per heavy atom. The maximum Gasteiger partial charge on any atom is 0.418 e. The van der Waals surface area contributed by atoms with E-state index in [4.69, 9.17) is 0 Å². The molecule has 0 heterocycles. The van der Waals surface area contributed by atoms with Crippen LogP contribution in [0.2, 0.25) is 0 Å². The van der Waals surface area contributed by atoms with E-state index in [-0.39, 0.29) is 11.3 Å². The number of aryl methyl sites for hydroxylation is 1. The molecule has 1 unspecified atom stereocenters. The third-order valence-corrected chi connectivity index (χ3v) is 8.50. The zero-order chi connectivity index (χ0) is 25.8. The maximum absolute atomic E-state index is 12.8. The normalized spacial score (nSPS) is 12.3. The quantitative estimate of drug-likeness (QED) is 0.120. The molecule has 1 N–H and O–H groups in total. The molecule has 0 spiro atoms. The lowest BCUT2D eigenvalue weighted by Crippen LogP contribution is -2.33. The predicted molar refractivity (Wildman–Crippen MR) is 147 cm³/mol. The van der Waals surface area contributed by atoms with Crippen LogP contribution < -0.4 is 5.06 Å². The first kappa shape index (κ1) is 27.9. The molecule has 1 amide bonds. The van der Waals surface area contributed by atoms with Gasteiger partial charge < -0.3 is 0 Å². The predicted octanol–water partition coefficient (Wildman–Crippen LogP) is 6.01. The summed E-state index contributed by atoms with van der Waals surface area (Å²) in [4.78, 5) is 12.8. The summed E-state index contributed by atoms with van der Waals surface area (Å²) in [5.41, 5.74) is 2.96. The summed E-state index contributed by atoms with van der Waals surface area (Å²) in [5.74, 6) is 2.95. The van der Waals surface area contributed by atoms with Crippen LogP contribution >= 0.6 is 0 Å². The van der Waals surface area contributed by atoms with Crippen LogP contribution in [-0.2, 0) is 37.8 Å². The van der Waals surface area contributed by atoms with Gasteiger partial charge in [0, 0.05) is 11.1 Å². The fraction of sp³-hybridized carbons (Fsp3) is 0.321. The van der Waals surface area contributed by atoms with E-state index in [0.717, 1.165) is 30.6 Å². The molecule has 0 radical (unpaired) electrons. The van der Waals surface area contributed by atoms with Gasteiger partial charge in [-0.3, -0.25) is 9.35 Å². The summed E-state index contributed by atoms with van der Waals surface area (Å²) < 4.78 is 36.5. The third-order valence-electron chi connectivity index (χ3n) is 5.69. The minimum atomic E-state index is -4.88. The largest absolute Gasteiger partial charge is 0.418 e. The Balaban J connectivity index is 1.57. The molecule has 0 saturated heterocycles. The Morgan fingerprint density at radius 3 is 2.06 bits per heavy atom. The van der Waals surface area contributed by atoms with Gasteiger partial charge in [0.05, 0.1) is 5.69 Å². The van der Waals surface area contributed by atoms with Gasteiger partial charge in [0.1, 0.15) is 17.3 Å². The zero-order valence-electron chi connectivity index (χ0n) is 20.6. The van der Waals surface area contributed by atoms with Crippen LogP contribution in [0.25, 0.3) is 0 Å². The third kappa shape index (κ3) is 9.43. The number of anilines is 1. The van der Waals surface area contributed by atoms with Crippen molar-refractivity contribution in [2.75, 3.05) is 16.6 Å². The number of carbonyl (C=O) groups is 1. The Labute approximate surface area is 217 Å². The van der Waals surface area contributed by atoms with Crippen LogP contribution in [-0.4, -0.2) is 30.4 Å². The standard InChI is InChI=1S/C28H33NO5S2/c1-2-3-21-35(23-25-13-6-4-7-14-25)22-11-10-12-24-17-19-27(20-18-24)29(34-36(31,32)33)28(30)26-15-8-5-9-16-26/h4-9,13-20H,2-3,10-12,21-23H2,1H3/p+1. The molecule has 3 aromatic carbocycles. The van der Waals surface area contributed by atoms with Crippen LogP contribution in [0.5, 0.6) is 0 Å². The average Bonchev–Trinajstić information content (AvgIpc) is 2.89. The van der Waals surface area contributed by atoms with Crippen molar-refractivity contribution in [2.24, 2.45) is 0 Å². The fourth-order valence-electron chi connectivity index (χ4n) is 3.82. The van der Waals surface area contributed by atoms with Gasteiger partial charge in [-0.1, -0.05) is 74.0 Å². The number of amides is 1. The first-order valence-corrected chi connectivity index (χ1v) is 15.3. The van der Waals surface area contributed by atoms with E-state index in [1.165, 1.54) is 29.9 Å². The van der Waals surface area contributed by atoms with Gasteiger partial charge in [0.15, 0.2) is 0 Å². The van der Waals surface area contributed by atoms with Gasteiger partial charge >= 0.3 is 10.4 Å². The number of hydrogen-bond donors (Lipinski definition) is 1. The first-order chi connectivity index (χ1) is 17.4. The van der Waals surface area contributed by atoms with Crippen molar-refractivity contribution >= 4 is 32.9 Å². The summed E-state index contributed by atoms with van der Waals surface area (Å²) in [7, 11) is -4.50. The number of unbranched alkanes of at least 4 members (excludes halogenated alkanes) is 2. The Bertz CT molecular complexity index is 1170. The summed E-state index contributed by atoms with van der Waals surface area (Å²) in [6.45, 7) is 2.24. The Morgan fingerprint density at radius 2 is 1.44 bits per heavy atom. The van der Waals surface area contributed by atoms with Crippen molar-refractivity contribution in [3.05, 3.63) is 102 Å². The van der Waals surface area contributed by atoms with Crippen molar-refractivity contribution in [2.45, 2.75) is 44.8 Å². The fourth-order valence-corrected chi connectivity index (χ4v) is 6.63. The number of nitrogens with zero attached hydrogens (tertiary/aromatic N) is 1. The van der Waals surface area contributed by atoms with Gasteiger partial charge in [-0.25, -0.2) is 0 Å². The van der Waals surface area contributed by atoms with E-state index in [0.29, 0.717) is 16.0 Å². The van der Waals surface area contributed by atoms with Crippen LogP contribution in [0.3, 0.4) is 0 Å². The first-order valence-electron chi connectivity index (χ1n) is 12.2. The maximum atomic E-state index is 12.8. The highest BCUT2D eigenvalue weighted by Gasteiger charge is 2.24. The van der Waals surface area contributed by atoms with E-state index in [1.807, 2.05) is 12.1 Å². The second kappa shape index (κ2) is 14.2. The second-order valence-electron chi connectivity index (χ2n) is 8.60. The lowest BCUT2D eigenvalue weighted by Gasteiger charge is -2.19. The zero-order valence-corrected chi connectivity index (χ0v) is 22.2. The SMILES string of the molecule is CCCC[S+](CCCCc1ccc(N(OS(=O)(=O)O)C(=O)c2ccccc2)cc1)Cc1ccccc1. The van der Waals surface area contributed by atoms with E-state index in [1.54, 1.807) is 42.5 Å². The molecule has 0 fully saturated rings. The molecule has 3 aromatic rings. The van der Waals surface area contributed by atoms with Crippen molar-refractivity contribution in [3.8, 4) is 0 Å². The van der Waals surface area contributed by atoms with Gasteiger partial charge in [-0.05, 0) is 66.4 Å². The van der Waals surface area contributed by atoms with Gasteiger partial charge in [-0.2, -0.15) is 13.5 Å². The van der Waals surface area contributed by atoms with Gasteiger partial charge in [-0.15, -0.1) is 4.28 Å². The van der Waals surface area contributed by atoms with Crippen molar-refractivity contribution in [1.29, 1.82) is 0 Å². The van der Waals surface area contributed by atoms with E-state index >= 15 is 0 Å². The Kier molecular flexibility index (Phi) is 11.0. The van der Waals surface area contributed by atoms with Gasteiger partial charge in [0.25, 0.3) is 5.91 Å². The minimum Gasteiger partial charge on any atom is -0.266 e. The highest BCUT2D eigenvalue weighted by Crippen LogP contribution is 2.21. The highest BCUT2D eigenvalue weighted by atomic mass is 32.3. The summed E-state index contributed by atoms with van der Waals surface area (Å²) in [6.07, 6.45) is 5.57. The number of hydrogen-bond acceptors (Lipinski definition) is 4. The highest BCUT2D eigenvalue weighted by molar-refractivity contribution is 7.96. The molecule has 36 heavy (non-hydrogen) atoms. The molecule has 6 nitrogen and oxygen atoms in total. The molecule has 0 aliphatic rings. The van der Waals surface area contributed by atoms with Gasteiger partial charge in [0.2, 0.25) is 0 Å². The van der Waals surface area contributed by atoms with Crippen molar-refractivity contribution < 1.29 is 22.0 Å². The van der Waals surface area contributed by atoms with E-state index in [9.17, 15) is 17.8 Å². The molecular formula is C28H34NO5S2+. The lowest BCUT2D eigenvalue weighted by atomic mass is 10.1. The van der Waals surface area contributed by atoms with Crippen molar-refractivity contribution in [1.82, 2.24) is 0 Å². The van der Waals surface area contributed by atoms with Crippen molar-refractivity contribution in [3.63, 3.8) is 0 Å². The lowest BCUT2D eigenvalue weighted by molar-refractivity contribution is 0.0870. The summed E-state index contributed by atoms with van der Waals surface area (Å²) in [5, 5.41) is 0.595. The molecular weight excluding hydrogens is 494 g/mol. The molecule has 1 atom stereocenters. The molecule has 0 saturated carbocycles. The van der Waals surface area contributed by atoms with Crippen LogP contribution in [0.4, 0.5) is 5.69 Å². The summed E-state index contributed by atoms with van der Waals surface area (Å²) in [6, 6.07) is 25.8. The van der Waals surface area contributed by atoms with E-state index in [2.05, 4.69) is 41.5 Å². The Hall–Kier alpha value is -2.65. The number of benzene rings is 3. The van der Waals surface area contributed by atoms with Crippen LogP contribution in [0.1, 0.15) is 54.1 Å². The molecule has 0 aliphatic heterocycles. The number of carbonyl (C=O) groups excluding carboxylic acids is 1. The number of rotatable bonds is 14. The average molecular weight is 529 g/mol. The minimum absolute atomic E-state index is 0.217. The monoisotopic (exact) mass is 528 g/mol.